The zero-order chi connectivity index (χ0) is 13.9. The van der Waals surface area contributed by atoms with Crippen LogP contribution in [0.1, 0.15) is 13.8 Å². The van der Waals surface area contributed by atoms with Crippen LogP contribution < -0.4 is 0 Å². The third-order valence-corrected chi connectivity index (χ3v) is 3.10. The summed E-state index contributed by atoms with van der Waals surface area (Å²) in [5.41, 5.74) is -0.951. The van der Waals surface area contributed by atoms with Gasteiger partial charge in [0.05, 0.1) is 31.8 Å². The van der Waals surface area contributed by atoms with Gasteiger partial charge in [0.25, 0.3) is 20.2 Å². The molecule has 0 amide bonds. The molecule has 1 atom stereocenters. The van der Waals surface area contributed by atoms with Crippen LogP contribution in [0.2, 0.25) is 0 Å². The minimum atomic E-state index is -3.64. The van der Waals surface area contributed by atoms with Crippen LogP contribution in [0.25, 0.3) is 0 Å². The Bertz CT molecular complexity index is 434. The van der Waals surface area contributed by atoms with Crippen molar-refractivity contribution in [2.24, 2.45) is 5.41 Å². The molecule has 0 aromatic rings. The van der Waals surface area contributed by atoms with Crippen molar-refractivity contribution in [3.05, 3.63) is 0 Å². The number of aliphatic hydroxyl groups excluding tert-OH is 1. The second-order valence-corrected chi connectivity index (χ2v) is 7.75. The molecule has 7 nitrogen and oxygen atoms in total. The lowest BCUT2D eigenvalue weighted by atomic mass is 9.88. The summed E-state index contributed by atoms with van der Waals surface area (Å²) in [5.74, 6) is 0. The molecule has 0 heterocycles. The van der Waals surface area contributed by atoms with Gasteiger partial charge in [0, 0.05) is 5.41 Å². The molecule has 0 rings (SSSR count). The van der Waals surface area contributed by atoms with Gasteiger partial charge in [-0.25, -0.2) is 0 Å². The molecule has 0 aliphatic carbocycles. The average molecular weight is 290 g/mol. The number of hydrogen-bond donors (Lipinski definition) is 1. The van der Waals surface area contributed by atoms with E-state index >= 15 is 0 Å². The maximum Gasteiger partial charge on any atom is 0.264 e. The van der Waals surface area contributed by atoms with Crippen molar-refractivity contribution < 1.29 is 30.3 Å². The molecule has 9 heteroatoms. The van der Waals surface area contributed by atoms with Crippen molar-refractivity contribution in [3.63, 3.8) is 0 Å². The highest BCUT2D eigenvalue weighted by Gasteiger charge is 2.30. The minimum absolute atomic E-state index is 0.264. The Balaban J connectivity index is 4.40. The molecular weight excluding hydrogens is 272 g/mol. The first-order chi connectivity index (χ1) is 7.33. The molecule has 0 aliphatic rings. The lowest BCUT2D eigenvalue weighted by Crippen LogP contribution is -2.38. The Morgan fingerprint density at radius 2 is 1.47 bits per heavy atom. The summed E-state index contributed by atoms with van der Waals surface area (Å²) in [6.07, 6.45) is 0.585. The van der Waals surface area contributed by atoms with Gasteiger partial charge in [0.1, 0.15) is 0 Å². The van der Waals surface area contributed by atoms with E-state index in [4.69, 9.17) is 0 Å². The van der Waals surface area contributed by atoms with E-state index in [0.29, 0.717) is 0 Å². The van der Waals surface area contributed by atoms with Gasteiger partial charge in [-0.05, 0) is 0 Å². The maximum atomic E-state index is 10.8. The van der Waals surface area contributed by atoms with E-state index in [0.717, 1.165) is 12.5 Å². The fourth-order valence-electron chi connectivity index (χ4n) is 0.769. The van der Waals surface area contributed by atoms with Crippen molar-refractivity contribution in [2.45, 2.75) is 20.0 Å². The van der Waals surface area contributed by atoms with Crippen LogP contribution in [0.3, 0.4) is 0 Å². The third-order valence-electron chi connectivity index (χ3n) is 1.99. The quantitative estimate of drug-likeness (QED) is 0.619. The molecule has 0 saturated heterocycles. The van der Waals surface area contributed by atoms with Crippen LogP contribution in [0.5, 0.6) is 0 Å². The molecule has 0 aromatic heterocycles. The van der Waals surface area contributed by atoms with Crippen LogP contribution in [0.15, 0.2) is 0 Å². The normalized spacial score (nSPS) is 15.8. The lowest BCUT2D eigenvalue weighted by Gasteiger charge is -2.29. The first kappa shape index (κ1) is 16.8. The van der Waals surface area contributed by atoms with Crippen molar-refractivity contribution in [1.29, 1.82) is 0 Å². The molecule has 0 unspecified atom stereocenters. The number of aliphatic hydroxyl groups is 1. The van der Waals surface area contributed by atoms with Gasteiger partial charge in [-0.15, -0.1) is 0 Å². The molecule has 0 aromatic carbocycles. The molecule has 17 heavy (non-hydrogen) atoms. The van der Waals surface area contributed by atoms with Crippen LogP contribution in [-0.2, 0) is 28.6 Å². The van der Waals surface area contributed by atoms with Gasteiger partial charge >= 0.3 is 0 Å². The summed E-state index contributed by atoms with van der Waals surface area (Å²) in [6.45, 7) is 2.36. The number of rotatable bonds is 7. The molecule has 1 N–H and O–H groups in total. The zero-order valence-electron chi connectivity index (χ0n) is 10.2. The first-order valence-corrected chi connectivity index (χ1v) is 8.34. The van der Waals surface area contributed by atoms with Gasteiger partial charge in [0.2, 0.25) is 0 Å². The standard InChI is InChI=1S/C8H18O7S2/c1-8(2,6-15-17(4,12)13)7(9)5-14-16(3,10)11/h7,9H,5-6H2,1-4H3/t7-/m0/s1. The van der Waals surface area contributed by atoms with E-state index in [1.807, 2.05) is 0 Å². The average Bonchev–Trinajstić information content (AvgIpc) is 2.09. The molecule has 0 saturated carbocycles. The van der Waals surface area contributed by atoms with E-state index in [9.17, 15) is 21.9 Å². The largest absolute Gasteiger partial charge is 0.390 e. The SMILES string of the molecule is CC(C)(COS(C)(=O)=O)[C@@H](O)COS(C)(=O)=O. The molecule has 0 aliphatic heterocycles. The van der Waals surface area contributed by atoms with Crippen molar-refractivity contribution >= 4 is 20.2 Å². The van der Waals surface area contributed by atoms with Crippen molar-refractivity contribution in [3.8, 4) is 0 Å². The Labute approximate surface area is 102 Å². The molecule has 0 fully saturated rings. The predicted octanol–water partition coefficient (Wildman–Crippen LogP) is -0.674. The van der Waals surface area contributed by atoms with Gasteiger partial charge in [0.15, 0.2) is 0 Å². The summed E-state index contributed by atoms with van der Waals surface area (Å²) in [7, 11) is -7.25. The molecule has 0 bridgehead atoms. The summed E-state index contributed by atoms with van der Waals surface area (Å²) in [5, 5.41) is 9.67. The Hall–Kier alpha value is -0.220. The monoisotopic (exact) mass is 290 g/mol. The molecule has 0 radical (unpaired) electrons. The minimum Gasteiger partial charge on any atom is -0.390 e. The van der Waals surface area contributed by atoms with Gasteiger partial charge in [-0.1, -0.05) is 13.8 Å². The second kappa shape index (κ2) is 5.61. The van der Waals surface area contributed by atoms with Crippen LogP contribution in [0.4, 0.5) is 0 Å². The van der Waals surface area contributed by atoms with Crippen LogP contribution in [-0.4, -0.2) is 53.8 Å². The summed E-state index contributed by atoms with van der Waals surface area (Å²) < 4.78 is 52.0. The van der Waals surface area contributed by atoms with E-state index in [-0.39, 0.29) is 6.61 Å². The highest BCUT2D eigenvalue weighted by Crippen LogP contribution is 2.22. The van der Waals surface area contributed by atoms with Crippen molar-refractivity contribution in [1.82, 2.24) is 0 Å². The van der Waals surface area contributed by atoms with Crippen LogP contribution >= 0.6 is 0 Å². The Morgan fingerprint density at radius 3 is 1.82 bits per heavy atom. The highest BCUT2D eigenvalue weighted by molar-refractivity contribution is 7.86. The Morgan fingerprint density at radius 1 is 1.06 bits per heavy atom. The lowest BCUT2D eigenvalue weighted by molar-refractivity contribution is -0.0103. The highest BCUT2D eigenvalue weighted by atomic mass is 32.2. The summed E-state index contributed by atoms with van der Waals surface area (Å²) in [6, 6.07) is 0. The fraction of sp³-hybridized carbons (Fsp3) is 1.00. The maximum absolute atomic E-state index is 10.8. The second-order valence-electron chi connectivity index (χ2n) is 4.46. The zero-order valence-corrected chi connectivity index (χ0v) is 11.8. The van der Waals surface area contributed by atoms with E-state index in [2.05, 4.69) is 8.37 Å². The smallest absolute Gasteiger partial charge is 0.264 e. The molecule has 104 valence electrons. The van der Waals surface area contributed by atoms with E-state index < -0.39 is 38.4 Å². The van der Waals surface area contributed by atoms with Crippen molar-refractivity contribution in [2.75, 3.05) is 25.7 Å². The molecule has 0 spiro atoms. The Kier molecular flexibility index (Phi) is 5.54. The third kappa shape index (κ3) is 8.50. The summed E-state index contributed by atoms with van der Waals surface area (Å²) in [4.78, 5) is 0. The number of hydrogen-bond acceptors (Lipinski definition) is 7. The van der Waals surface area contributed by atoms with Gasteiger partial charge in [-0.3, -0.25) is 8.37 Å². The topological polar surface area (TPSA) is 107 Å². The van der Waals surface area contributed by atoms with Gasteiger partial charge in [-0.2, -0.15) is 16.8 Å². The van der Waals surface area contributed by atoms with E-state index in [1.54, 1.807) is 0 Å². The molecular formula is C8H18O7S2. The van der Waals surface area contributed by atoms with E-state index in [1.165, 1.54) is 13.8 Å². The predicted molar refractivity (Wildman–Crippen MR) is 61.4 cm³/mol. The van der Waals surface area contributed by atoms with Gasteiger partial charge < -0.3 is 5.11 Å². The van der Waals surface area contributed by atoms with Crippen LogP contribution in [0, 0.1) is 5.41 Å². The fourth-order valence-corrected chi connectivity index (χ4v) is 1.66. The first-order valence-electron chi connectivity index (χ1n) is 4.70. The summed E-state index contributed by atoms with van der Waals surface area (Å²) >= 11 is 0.